The molecule has 5 heteroatoms. The average molecular weight is 263 g/mol. The maximum Gasteiger partial charge on any atom is 0.328 e. The van der Waals surface area contributed by atoms with E-state index in [-0.39, 0.29) is 5.50 Å². The smallest absolute Gasteiger partial charge is 0.328 e. The molecule has 0 bridgehead atoms. The van der Waals surface area contributed by atoms with E-state index in [4.69, 9.17) is 16.7 Å². The summed E-state index contributed by atoms with van der Waals surface area (Å²) in [7, 11) is 0. The van der Waals surface area contributed by atoms with Gasteiger partial charge in [-0.1, -0.05) is 29.8 Å². The Morgan fingerprint density at radius 2 is 2.33 bits per heavy atom. The van der Waals surface area contributed by atoms with E-state index in [1.807, 2.05) is 24.3 Å². The SMILES string of the molecule is O=C(O)/C=C/c1cccc(C(Cl)n2ccnc2)c1. The molecule has 0 fully saturated rings. The van der Waals surface area contributed by atoms with Crippen LogP contribution in [0.4, 0.5) is 0 Å². The number of hydrogen-bond acceptors (Lipinski definition) is 2. The minimum Gasteiger partial charge on any atom is -0.478 e. The zero-order valence-electron chi connectivity index (χ0n) is 9.40. The minimum atomic E-state index is -0.975. The predicted octanol–water partition coefficient (Wildman–Crippen LogP) is 2.77. The Morgan fingerprint density at radius 3 is 3.00 bits per heavy atom. The van der Waals surface area contributed by atoms with Gasteiger partial charge in [0.25, 0.3) is 0 Å². The molecule has 4 nitrogen and oxygen atoms in total. The molecule has 18 heavy (non-hydrogen) atoms. The van der Waals surface area contributed by atoms with Gasteiger partial charge in [-0.15, -0.1) is 0 Å². The lowest BCUT2D eigenvalue weighted by Crippen LogP contribution is -2.01. The second-order valence-corrected chi connectivity index (χ2v) is 4.10. The first-order valence-corrected chi connectivity index (χ1v) is 5.73. The fourth-order valence-electron chi connectivity index (χ4n) is 1.55. The first kappa shape index (κ1) is 12.4. The van der Waals surface area contributed by atoms with Gasteiger partial charge in [-0.25, -0.2) is 9.78 Å². The zero-order chi connectivity index (χ0) is 13.0. The van der Waals surface area contributed by atoms with Crippen molar-refractivity contribution >= 4 is 23.6 Å². The molecular weight excluding hydrogens is 252 g/mol. The van der Waals surface area contributed by atoms with Crippen molar-refractivity contribution in [1.29, 1.82) is 0 Å². The molecule has 0 radical (unpaired) electrons. The molecular formula is C13H11ClN2O2. The molecule has 0 amide bonds. The first-order valence-electron chi connectivity index (χ1n) is 5.29. The van der Waals surface area contributed by atoms with Crippen LogP contribution in [-0.4, -0.2) is 20.6 Å². The van der Waals surface area contributed by atoms with Gasteiger partial charge in [-0.3, -0.25) is 0 Å². The highest BCUT2D eigenvalue weighted by Gasteiger charge is 2.08. The molecule has 0 spiro atoms. The molecule has 0 saturated carbocycles. The van der Waals surface area contributed by atoms with Crippen LogP contribution in [-0.2, 0) is 4.79 Å². The van der Waals surface area contributed by atoms with Gasteiger partial charge < -0.3 is 9.67 Å². The highest BCUT2D eigenvalue weighted by molar-refractivity contribution is 6.20. The Bertz CT molecular complexity index is 564. The number of alkyl halides is 1. The maximum atomic E-state index is 10.5. The summed E-state index contributed by atoms with van der Waals surface area (Å²) in [5.74, 6) is -0.975. The number of halogens is 1. The molecule has 1 aromatic heterocycles. The number of hydrogen-bond donors (Lipinski definition) is 1. The van der Waals surface area contributed by atoms with E-state index in [1.165, 1.54) is 6.08 Å². The van der Waals surface area contributed by atoms with E-state index in [2.05, 4.69) is 4.98 Å². The Morgan fingerprint density at radius 1 is 1.50 bits per heavy atom. The second kappa shape index (κ2) is 5.51. The average Bonchev–Trinajstić information content (AvgIpc) is 2.89. The van der Waals surface area contributed by atoms with E-state index < -0.39 is 5.97 Å². The topological polar surface area (TPSA) is 55.1 Å². The van der Waals surface area contributed by atoms with E-state index in [0.717, 1.165) is 17.2 Å². The van der Waals surface area contributed by atoms with Crippen molar-refractivity contribution in [2.75, 3.05) is 0 Å². The van der Waals surface area contributed by atoms with Crippen LogP contribution in [0.15, 0.2) is 49.1 Å². The molecule has 1 N–H and O–H groups in total. The number of carboxylic acids is 1. The van der Waals surface area contributed by atoms with Crippen LogP contribution in [0.25, 0.3) is 6.08 Å². The van der Waals surface area contributed by atoms with Gasteiger partial charge in [0.1, 0.15) is 5.50 Å². The second-order valence-electron chi connectivity index (χ2n) is 3.69. The molecule has 0 aliphatic carbocycles. The molecule has 1 aromatic carbocycles. The summed E-state index contributed by atoms with van der Waals surface area (Å²) in [6.45, 7) is 0. The number of carboxylic acid groups (broad SMARTS) is 1. The standard InChI is InChI=1S/C13H11ClN2O2/c14-13(16-7-6-15-9-16)11-3-1-2-10(8-11)4-5-12(17)18/h1-9,13H,(H,17,18)/b5-4+. The normalized spacial score (nSPS) is 12.7. The minimum absolute atomic E-state index is 0.356. The van der Waals surface area contributed by atoms with Crippen molar-refractivity contribution in [1.82, 2.24) is 9.55 Å². The van der Waals surface area contributed by atoms with Crippen LogP contribution in [0.1, 0.15) is 16.6 Å². The number of nitrogens with zero attached hydrogens (tertiary/aromatic N) is 2. The number of imidazole rings is 1. The summed E-state index contributed by atoms with van der Waals surface area (Å²) in [5.41, 5.74) is 1.31. The highest BCUT2D eigenvalue weighted by Crippen LogP contribution is 2.23. The number of carbonyl (C=O) groups is 1. The van der Waals surface area contributed by atoms with Gasteiger partial charge in [0.15, 0.2) is 0 Å². The third kappa shape index (κ3) is 2.99. The monoisotopic (exact) mass is 262 g/mol. The van der Waals surface area contributed by atoms with Gasteiger partial charge in [-0.2, -0.15) is 0 Å². The third-order valence-corrected chi connectivity index (χ3v) is 2.87. The molecule has 2 aromatic rings. The summed E-state index contributed by atoms with van der Waals surface area (Å²) >= 11 is 6.29. The number of benzene rings is 1. The lowest BCUT2D eigenvalue weighted by atomic mass is 10.1. The Hall–Kier alpha value is -2.07. The zero-order valence-corrected chi connectivity index (χ0v) is 10.2. The fourth-order valence-corrected chi connectivity index (χ4v) is 1.81. The maximum absolute atomic E-state index is 10.5. The summed E-state index contributed by atoms with van der Waals surface area (Å²) in [6.07, 6.45) is 7.70. The van der Waals surface area contributed by atoms with Gasteiger partial charge >= 0.3 is 5.97 Å². The molecule has 1 unspecified atom stereocenters. The van der Waals surface area contributed by atoms with Gasteiger partial charge in [0.2, 0.25) is 0 Å². The van der Waals surface area contributed by atoms with Gasteiger partial charge in [-0.05, 0) is 23.3 Å². The number of aromatic nitrogens is 2. The quantitative estimate of drug-likeness (QED) is 0.681. The van der Waals surface area contributed by atoms with Crippen LogP contribution in [0.5, 0.6) is 0 Å². The van der Waals surface area contributed by atoms with Crippen molar-refractivity contribution in [2.24, 2.45) is 0 Å². The van der Waals surface area contributed by atoms with E-state index in [9.17, 15) is 4.79 Å². The molecule has 2 rings (SSSR count). The first-order chi connectivity index (χ1) is 8.66. The van der Waals surface area contributed by atoms with Crippen molar-refractivity contribution in [3.63, 3.8) is 0 Å². The Kier molecular flexibility index (Phi) is 3.79. The number of rotatable bonds is 4. The van der Waals surface area contributed by atoms with Crippen molar-refractivity contribution in [2.45, 2.75) is 5.50 Å². The largest absolute Gasteiger partial charge is 0.478 e. The van der Waals surface area contributed by atoms with E-state index in [0.29, 0.717) is 0 Å². The van der Waals surface area contributed by atoms with Crippen molar-refractivity contribution in [3.8, 4) is 0 Å². The summed E-state index contributed by atoms with van der Waals surface area (Å²) < 4.78 is 1.77. The van der Waals surface area contributed by atoms with Crippen LogP contribution >= 0.6 is 11.6 Å². The Labute approximate surface area is 109 Å². The van der Waals surface area contributed by atoms with Gasteiger partial charge in [0, 0.05) is 18.5 Å². The van der Waals surface area contributed by atoms with Crippen LogP contribution in [0.3, 0.4) is 0 Å². The highest BCUT2D eigenvalue weighted by atomic mass is 35.5. The molecule has 0 aliphatic rings. The molecule has 1 atom stereocenters. The lowest BCUT2D eigenvalue weighted by molar-refractivity contribution is -0.131. The van der Waals surface area contributed by atoms with E-state index >= 15 is 0 Å². The molecule has 0 saturated heterocycles. The van der Waals surface area contributed by atoms with Gasteiger partial charge in [0.05, 0.1) is 6.33 Å². The third-order valence-electron chi connectivity index (χ3n) is 2.39. The predicted molar refractivity (Wildman–Crippen MR) is 69.3 cm³/mol. The molecule has 92 valence electrons. The van der Waals surface area contributed by atoms with Crippen molar-refractivity contribution in [3.05, 3.63) is 60.2 Å². The fraction of sp³-hybridized carbons (Fsp3) is 0.0769. The Balaban J connectivity index is 2.24. The summed E-state index contributed by atoms with van der Waals surface area (Å²) in [5, 5.41) is 8.58. The van der Waals surface area contributed by atoms with Crippen LogP contribution in [0.2, 0.25) is 0 Å². The molecule has 1 heterocycles. The van der Waals surface area contributed by atoms with Crippen molar-refractivity contribution < 1.29 is 9.90 Å². The van der Waals surface area contributed by atoms with Crippen LogP contribution < -0.4 is 0 Å². The lowest BCUT2D eigenvalue weighted by Gasteiger charge is -2.11. The summed E-state index contributed by atoms with van der Waals surface area (Å²) in [4.78, 5) is 14.4. The number of aliphatic carboxylic acids is 1. The van der Waals surface area contributed by atoms with E-state index in [1.54, 1.807) is 23.3 Å². The molecule has 0 aliphatic heterocycles. The van der Waals surface area contributed by atoms with Crippen LogP contribution in [0, 0.1) is 0 Å². The summed E-state index contributed by atoms with van der Waals surface area (Å²) in [6, 6.07) is 7.39.